The van der Waals surface area contributed by atoms with E-state index in [9.17, 15) is 48.0 Å². The number of piperazine rings is 1. The van der Waals surface area contributed by atoms with Crippen LogP contribution >= 0.6 is 0 Å². The Bertz CT molecular complexity index is 796. The Labute approximate surface area is 156 Å². The smallest absolute Gasteiger partial charge is 0.428 e. The highest BCUT2D eigenvalue weighted by atomic mass is 32.2. The summed E-state index contributed by atoms with van der Waals surface area (Å²) in [7, 11) is -13.0. The van der Waals surface area contributed by atoms with Crippen molar-refractivity contribution < 1.29 is 52.7 Å². The van der Waals surface area contributed by atoms with Crippen LogP contribution in [0.1, 0.15) is 6.92 Å². The molecule has 0 spiro atoms. The molecule has 1 fully saturated rings. The molecule has 17 heteroatoms. The number of nitrogens with zero attached hydrogens (tertiary/aromatic N) is 2. The molecule has 1 rings (SSSR count). The van der Waals surface area contributed by atoms with Gasteiger partial charge in [0.25, 0.3) is 20.0 Å². The van der Waals surface area contributed by atoms with Gasteiger partial charge in [0.05, 0.1) is 13.2 Å². The zero-order chi connectivity index (χ0) is 22.2. The normalized spacial score (nSPS) is 18.9. The van der Waals surface area contributed by atoms with Crippen LogP contribution in [0, 0.1) is 0 Å². The second-order valence-corrected chi connectivity index (χ2v) is 9.22. The Kier molecular flexibility index (Phi) is 7.04. The van der Waals surface area contributed by atoms with Gasteiger partial charge in [0.1, 0.15) is 0 Å². The highest BCUT2D eigenvalue weighted by molar-refractivity contribution is 7.91. The number of alkyl halides is 6. The van der Waals surface area contributed by atoms with Crippen LogP contribution < -0.4 is 5.14 Å². The minimum atomic E-state index is -6.85. The SMILES string of the molecule is CCOC(=O)CN1CCN(S(=O)(=O)C(F)(F)C(F)(F)C(F)(F)S(N)(=O)=O)CC1. The fraction of sp³-hybridized carbons (Fsp3) is 0.909. The number of esters is 1. The summed E-state index contributed by atoms with van der Waals surface area (Å²) in [5, 5.41) is -9.18. The van der Waals surface area contributed by atoms with Crippen molar-refractivity contribution in [1.29, 1.82) is 0 Å². The second kappa shape index (κ2) is 7.92. The van der Waals surface area contributed by atoms with E-state index in [4.69, 9.17) is 0 Å². The fourth-order valence-electron chi connectivity index (χ4n) is 2.19. The molecule has 0 aromatic carbocycles. The first-order valence-corrected chi connectivity index (χ1v) is 10.5. The number of nitrogens with two attached hydrogens (primary N) is 1. The van der Waals surface area contributed by atoms with Crippen LogP contribution in [0.2, 0.25) is 0 Å². The van der Waals surface area contributed by atoms with Gasteiger partial charge in [-0.05, 0) is 6.92 Å². The van der Waals surface area contributed by atoms with Crippen LogP contribution in [0.4, 0.5) is 26.3 Å². The van der Waals surface area contributed by atoms with Crippen molar-refractivity contribution in [2.45, 2.75) is 23.4 Å². The zero-order valence-corrected chi connectivity index (χ0v) is 15.9. The lowest BCUT2D eigenvalue weighted by molar-refractivity contribution is -0.245. The lowest BCUT2D eigenvalue weighted by Gasteiger charge is -2.37. The number of carbonyl (C=O) groups is 1. The number of hydrogen-bond donors (Lipinski definition) is 1. The summed E-state index contributed by atoms with van der Waals surface area (Å²) in [6, 6.07) is 0. The van der Waals surface area contributed by atoms with Gasteiger partial charge in [0.2, 0.25) is 0 Å². The lowest BCUT2D eigenvalue weighted by atomic mass is 10.3. The summed E-state index contributed by atoms with van der Waals surface area (Å²) in [6.45, 7) is -1.19. The molecule has 1 saturated heterocycles. The highest BCUT2D eigenvalue weighted by Gasteiger charge is 2.82. The van der Waals surface area contributed by atoms with Crippen LogP contribution in [0.25, 0.3) is 0 Å². The average Bonchev–Trinajstić information content (AvgIpc) is 2.54. The van der Waals surface area contributed by atoms with Crippen molar-refractivity contribution in [3.8, 4) is 0 Å². The Hall–Kier alpha value is -1.17. The van der Waals surface area contributed by atoms with Crippen molar-refractivity contribution in [3.63, 3.8) is 0 Å². The Morgan fingerprint density at radius 1 is 0.964 bits per heavy atom. The molecular weight excluding hydrogens is 448 g/mol. The number of carbonyl (C=O) groups excluding carboxylic acids is 1. The molecule has 1 aliphatic rings. The van der Waals surface area contributed by atoms with Gasteiger partial charge < -0.3 is 4.74 Å². The molecule has 0 unspecified atom stereocenters. The second-order valence-electron chi connectivity index (χ2n) is 5.64. The maximum absolute atomic E-state index is 13.9. The van der Waals surface area contributed by atoms with Crippen molar-refractivity contribution in [3.05, 3.63) is 0 Å². The van der Waals surface area contributed by atoms with Gasteiger partial charge in [-0.3, -0.25) is 9.69 Å². The Morgan fingerprint density at radius 3 is 1.82 bits per heavy atom. The standard InChI is InChI=1S/C11H17F6N3O6S2/c1-2-26-8(21)7-19-3-5-20(6-4-19)28(24,25)11(16,17)9(12,13)10(14,15)27(18,22)23/h2-7H2,1H3,(H2,18,22,23). The molecule has 0 aromatic heterocycles. The Morgan fingerprint density at radius 2 is 1.43 bits per heavy atom. The Balaban J connectivity index is 3.05. The monoisotopic (exact) mass is 465 g/mol. The molecule has 0 aromatic rings. The predicted molar refractivity (Wildman–Crippen MR) is 81.5 cm³/mol. The van der Waals surface area contributed by atoms with Gasteiger partial charge in [0, 0.05) is 26.2 Å². The van der Waals surface area contributed by atoms with Crippen LogP contribution in [-0.2, 0) is 29.6 Å². The quantitative estimate of drug-likeness (QED) is 0.382. The summed E-state index contributed by atoms with van der Waals surface area (Å²) < 4.78 is 131. The zero-order valence-electron chi connectivity index (χ0n) is 14.2. The third-order valence-electron chi connectivity index (χ3n) is 3.74. The van der Waals surface area contributed by atoms with E-state index < -0.39 is 55.5 Å². The number of ether oxygens (including phenoxy) is 1. The minimum absolute atomic E-state index is 0.0484. The molecule has 0 radical (unpaired) electrons. The first-order chi connectivity index (χ1) is 12.4. The van der Waals surface area contributed by atoms with E-state index in [0.717, 1.165) is 0 Å². The number of sulfonamides is 2. The average molecular weight is 465 g/mol. The van der Waals surface area contributed by atoms with E-state index in [1.807, 2.05) is 0 Å². The largest absolute Gasteiger partial charge is 0.465 e. The van der Waals surface area contributed by atoms with E-state index in [2.05, 4.69) is 9.88 Å². The molecule has 0 amide bonds. The molecule has 1 heterocycles. The molecule has 0 bridgehead atoms. The molecule has 1 aliphatic heterocycles. The third-order valence-corrected chi connectivity index (χ3v) is 6.66. The molecule has 28 heavy (non-hydrogen) atoms. The van der Waals surface area contributed by atoms with E-state index >= 15 is 0 Å². The van der Waals surface area contributed by atoms with Crippen molar-refractivity contribution in [1.82, 2.24) is 9.21 Å². The summed E-state index contributed by atoms with van der Waals surface area (Å²) in [6.07, 6.45) is 0. The lowest BCUT2D eigenvalue weighted by Crippen LogP contribution is -2.65. The van der Waals surface area contributed by atoms with Gasteiger partial charge in [-0.25, -0.2) is 22.0 Å². The van der Waals surface area contributed by atoms with Gasteiger partial charge >= 0.3 is 22.4 Å². The van der Waals surface area contributed by atoms with Crippen LogP contribution in [0.15, 0.2) is 0 Å². The maximum Gasteiger partial charge on any atom is 0.428 e. The van der Waals surface area contributed by atoms with Crippen LogP contribution in [-0.4, -0.2) is 87.8 Å². The number of hydrogen-bond acceptors (Lipinski definition) is 7. The maximum atomic E-state index is 13.9. The summed E-state index contributed by atoms with van der Waals surface area (Å²) >= 11 is 0. The minimum Gasteiger partial charge on any atom is -0.465 e. The van der Waals surface area contributed by atoms with E-state index in [0.29, 0.717) is 0 Å². The fourth-order valence-corrected chi connectivity index (χ4v) is 4.16. The summed E-state index contributed by atoms with van der Waals surface area (Å²) in [4.78, 5) is 12.6. The van der Waals surface area contributed by atoms with Gasteiger partial charge in [-0.2, -0.15) is 30.6 Å². The molecule has 0 saturated carbocycles. The highest BCUT2D eigenvalue weighted by Crippen LogP contribution is 2.50. The third kappa shape index (κ3) is 4.22. The van der Waals surface area contributed by atoms with Crippen molar-refractivity contribution in [2.24, 2.45) is 5.14 Å². The van der Waals surface area contributed by atoms with E-state index in [1.165, 1.54) is 11.8 Å². The van der Waals surface area contributed by atoms with Crippen LogP contribution in [0.5, 0.6) is 0 Å². The summed E-state index contributed by atoms with van der Waals surface area (Å²) in [5.74, 6) is -7.56. The molecule has 166 valence electrons. The molecule has 9 nitrogen and oxygen atoms in total. The molecule has 0 aliphatic carbocycles. The van der Waals surface area contributed by atoms with Crippen molar-refractivity contribution in [2.75, 3.05) is 39.3 Å². The van der Waals surface area contributed by atoms with E-state index in [1.54, 1.807) is 0 Å². The van der Waals surface area contributed by atoms with Gasteiger partial charge in [-0.1, -0.05) is 0 Å². The topological polar surface area (TPSA) is 127 Å². The first kappa shape index (κ1) is 24.9. The number of rotatable bonds is 8. The summed E-state index contributed by atoms with van der Waals surface area (Å²) in [5.41, 5.74) is 0. The first-order valence-electron chi connectivity index (χ1n) is 7.47. The molecule has 2 N–H and O–H groups in total. The van der Waals surface area contributed by atoms with Gasteiger partial charge in [0.15, 0.2) is 0 Å². The molecule has 0 atom stereocenters. The van der Waals surface area contributed by atoms with E-state index in [-0.39, 0.29) is 30.5 Å². The number of primary sulfonamides is 1. The molecular formula is C11H17F6N3O6S2. The van der Waals surface area contributed by atoms with Crippen LogP contribution in [0.3, 0.4) is 0 Å². The van der Waals surface area contributed by atoms with Crippen molar-refractivity contribution >= 4 is 26.0 Å². The number of halogens is 6. The predicted octanol–water partition coefficient (Wildman–Crippen LogP) is -0.394. The van der Waals surface area contributed by atoms with Gasteiger partial charge in [-0.15, -0.1) is 0 Å².